The van der Waals surface area contributed by atoms with Gasteiger partial charge >= 0.3 is 0 Å². The fourth-order valence-electron chi connectivity index (χ4n) is 4.67. The molecule has 1 aromatic heterocycles. The van der Waals surface area contributed by atoms with Crippen LogP contribution in [0.3, 0.4) is 0 Å². The number of nitrogens with one attached hydrogen (secondary N) is 1. The second kappa shape index (κ2) is 5.45. The molecule has 2 fully saturated rings. The van der Waals surface area contributed by atoms with Gasteiger partial charge in [-0.2, -0.15) is 4.98 Å². The van der Waals surface area contributed by atoms with Crippen LogP contribution < -0.4 is 16.0 Å². The lowest BCUT2D eigenvalue weighted by Crippen LogP contribution is -2.39. The van der Waals surface area contributed by atoms with E-state index in [1.807, 2.05) is 0 Å². The predicted octanol–water partition coefficient (Wildman–Crippen LogP) is 2.01. The molecule has 1 aromatic carbocycles. The zero-order valence-electron chi connectivity index (χ0n) is 13.8. The second-order valence-electron chi connectivity index (χ2n) is 7.31. The maximum atomic E-state index is 6.13. The van der Waals surface area contributed by atoms with Crippen molar-refractivity contribution in [2.75, 3.05) is 30.3 Å². The SMILES string of the molecule is Nc1nc2c(c(N3CC4CNCC3C4)n1)CCCc1ccccc1-2. The Labute approximate surface area is 142 Å². The number of benzene rings is 1. The highest BCUT2D eigenvalue weighted by atomic mass is 15.3. The summed E-state index contributed by atoms with van der Waals surface area (Å²) in [6.07, 6.45) is 4.53. The minimum atomic E-state index is 0.398. The van der Waals surface area contributed by atoms with E-state index in [4.69, 9.17) is 10.7 Å². The molecular formula is C19H23N5. The first-order chi connectivity index (χ1) is 11.8. The highest BCUT2D eigenvalue weighted by Crippen LogP contribution is 2.39. The molecule has 2 atom stereocenters. The topological polar surface area (TPSA) is 67.1 Å². The molecule has 0 saturated carbocycles. The van der Waals surface area contributed by atoms with Crippen LogP contribution in [-0.2, 0) is 12.8 Å². The molecule has 0 amide bonds. The zero-order valence-corrected chi connectivity index (χ0v) is 13.8. The quantitative estimate of drug-likeness (QED) is 0.841. The molecule has 5 heteroatoms. The molecule has 3 heterocycles. The standard InChI is InChI=1S/C19H23N5/c20-19-22-17-15-6-2-1-4-13(15)5-3-7-16(17)18(23-19)24-11-12-8-14(24)10-21-9-12/h1-2,4,6,12,14,21H,3,5,7-11H2,(H2,20,22,23). The van der Waals surface area contributed by atoms with Gasteiger partial charge < -0.3 is 16.0 Å². The van der Waals surface area contributed by atoms with Gasteiger partial charge in [0.15, 0.2) is 0 Å². The molecule has 3 N–H and O–H groups in total. The molecule has 2 aliphatic heterocycles. The molecule has 2 aromatic rings. The second-order valence-corrected chi connectivity index (χ2v) is 7.31. The summed E-state index contributed by atoms with van der Waals surface area (Å²) in [4.78, 5) is 11.9. The molecule has 5 rings (SSSR count). The summed E-state index contributed by atoms with van der Waals surface area (Å²) >= 11 is 0. The van der Waals surface area contributed by atoms with Crippen molar-refractivity contribution < 1.29 is 0 Å². The van der Waals surface area contributed by atoms with Crippen LogP contribution in [0, 0.1) is 5.92 Å². The van der Waals surface area contributed by atoms with Crippen molar-refractivity contribution in [1.82, 2.24) is 15.3 Å². The molecule has 124 valence electrons. The highest BCUT2D eigenvalue weighted by molar-refractivity contribution is 5.74. The third-order valence-corrected chi connectivity index (χ3v) is 5.73. The molecule has 1 aliphatic carbocycles. The Bertz CT molecular complexity index is 787. The highest BCUT2D eigenvalue weighted by Gasteiger charge is 2.37. The summed E-state index contributed by atoms with van der Waals surface area (Å²) < 4.78 is 0. The minimum Gasteiger partial charge on any atom is -0.368 e. The fourth-order valence-corrected chi connectivity index (χ4v) is 4.67. The average molecular weight is 321 g/mol. The maximum absolute atomic E-state index is 6.13. The Morgan fingerprint density at radius 2 is 2.04 bits per heavy atom. The average Bonchev–Trinajstić information content (AvgIpc) is 2.78. The van der Waals surface area contributed by atoms with Crippen LogP contribution in [-0.4, -0.2) is 35.6 Å². The van der Waals surface area contributed by atoms with Crippen LogP contribution in [0.5, 0.6) is 0 Å². The number of hydrogen-bond donors (Lipinski definition) is 2. The van der Waals surface area contributed by atoms with E-state index in [1.54, 1.807) is 0 Å². The van der Waals surface area contributed by atoms with Crippen molar-refractivity contribution >= 4 is 11.8 Å². The van der Waals surface area contributed by atoms with Gasteiger partial charge in [-0.25, -0.2) is 4.98 Å². The molecule has 24 heavy (non-hydrogen) atoms. The van der Waals surface area contributed by atoms with Crippen molar-refractivity contribution in [2.24, 2.45) is 5.92 Å². The zero-order chi connectivity index (χ0) is 16.1. The van der Waals surface area contributed by atoms with E-state index in [0.717, 1.165) is 56.3 Å². The van der Waals surface area contributed by atoms with Gasteiger partial charge in [0, 0.05) is 30.3 Å². The number of piperidine rings is 1. The molecule has 0 radical (unpaired) electrons. The molecule has 2 saturated heterocycles. The third kappa shape index (κ3) is 2.18. The van der Waals surface area contributed by atoms with Gasteiger partial charge in [-0.05, 0) is 43.7 Å². The first-order valence-corrected chi connectivity index (χ1v) is 9.01. The van der Waals surface area contributed by atoms with Crippen molar-refractivity contribution in [1.29, 1.82) is 0 Å². The number of nitrogens with two attached hydrogens (primary N) is 1. The Hall–Kier alpha value is -2.14. The summed E-state index contributed by atoms with van der Waals surface area (Å²) in [5, 5.41) is 3.55. The van der Waals surface area contributed by atoms with Gasteiger partial charge in [0.25, 0.3) is 0 Å². The van der Waals surface area contributed by atoms with E-state index in [1.165, 1.54) is 23.1 Å². The van der Waals surface area contributed by atoms with Gasteiger partial charge in [0.2, 0.25) is 5.95 Å². The third-order valence-electron chi connectivity index (χ3n) is 5.73. The van der Waals surface area contributed by atoms with E-state index in [-0.39, 0.29) is 0 Å². The van der Waals surface area contributed by atoms with Gasteiger partial charge in [0.05, 0.1) is 5.69 Å². The predicted molar refractivity (Wildman–Crippen MR) is 96.0 cm³/mol. The van der Waals surface area contributed by atoms with Crippen molar-refractivity contribution in [3.63, 3.8) is 0 Å². The molecule has 0 spiro atoms. The largest absolute Gasteiger partial charge is 0.368 e. The van der Waals surface area contributed by atoms with E-state index in [2.05, 4.69) is 39.5 Å². The van der Waals surface area contributed by atoms with E-state index >= 15 is 0 Å². The lowest BCUT2D eigenvalue weighted by Gasteiger charge is -2.28. The number of nitrogen functional groups attached to an aromatic ring is 1. The fraction of sp³-hybridized carbons (Fsp3) is 0.474. The van der Waals surface area contributed by atoms with Crippen LogP contribution in [0.25, 0.3) is 11.3 Å². The molecular weight excluding hydrogens is 298 g/mol. The monoisotopic (exact) mass is 321 g/mol. The number of anilines is 2. The summed E-state index contributed by atoms with van der Waals surface area (Å²) in [6.45, 7) is 3.26. The lowest BCUT2D eigenvalue weighted by molar-refractivity contribution is 0.433. The van der Waals surface area contributed by atoms with E-state index < -0.39 is 0 Å². The van der Waals surface area contributed by atoms with Crippen molar-refractivity contribution in [2.45, 2.75) is 31.7 Å². The van der Waals surface area contributed by atoms with Gasteiger partial charge in [-0.1, -0.05) is 24.3 Å². The lowest BCUT2D eigenvalue weighted by atomic mass is 10.0. The first-order valence-electron chi connectivity index (χ1n) is 9.01. The van der Waals surface area contributed by atoms with Crippen LogP contribution in [0.15, 0.2) is 24.3 Å². The molecule has 5 nitrogen and oxygen atoms in total. The number of aromatic nitrogens is 2. The van der Waals surface area contributed by atoms with Gasteiger partial charge in [0.1, 0.15) is 5.82 Å². The Morgan fingerprint density at radius 3 is 2.96 bits per heavy atom. The molecule has 3 aliphatic rings. The van der Waals surface area contributed by atoms with Crippen molar-refractivity contribution in [3.8, 4) is 11.3 Å². The molecule has 2 unspecified atom stereocenters. The first kappa shape index (κ1) is 14.2. The minimum absolute atomic E-state index is 0.398. The summed E-state index contributed by atoms with van der Waals surface area (Å²) in [5.41, 5.74) is 11.1. The van der Waals surface area contributed by atoms with Gasteiger partial charge in [-0.15, -0.1) is 0 Å². The summed E-state index contributed by atoms with van der Waals surface area (Å²) in [6, 6.07) is 9.15. The van der Waals surface area contributed by atoms with Crippen LogP contribution >= 0.6 is 0 Å². The van der Waals surface area contributed by atoms with Crippen LogP contribution in [0.4, 0.5) is 11.8 Å². The number of hydrogen-bond acceptors (Lipinski definition) is 5. The Kier molecular flexibility index (Phi) is 3.23. The number of nitrogens with zero attached hydrogens (tertiary/aromatic N) is 3. The van der Waals surface area contributed by atoms with Crippen LogP contribution in [0.2, 0.25) is 0 Å². The molecule has 2 bridgehead atoms. The summed E-state index contributed by atoms with van der Waals surface area (Å²) in [7, 11) is 0. The van der Waals surface area contributed by atoms with Crippen molar-refractivity contribution in [3.05, 3.63) is 35.4 Å². The number of fused-ring (bicyclic) bond motifs is 5. The van der Waals surface area contributed by atoms with E-state index in [9.17, 15) is 0 Å². The number of rotatable bonds is 1. The smallest absolute Gasteiger partial charge is 0.222 e. The summed E-state index contributed by atoms with van der Waals surface area (Å²) in [5.74, 6) is 2.22. The van der Waals surface area contributed by atoms with Gasteiger partial charge in [-0.3, -0.25) is 0 Å². The maximum Gasteiger partial charge on any atom is 0.222 e. The van der Waals surface area contributed by atoms with E-state index in [0.29, 0.717) is 12.0 Å². The normalized spacial score (nSPS) is 25.1. The van der Waals surface area contributed by atoms with Crippen LogP contribution in [0.1, 0.15) is 24.0 Å². The Balaban J connectivity index is 1.67. The number of aryl methyl sites for hydroxylation is 1. The Morgan fingerprint density at radius 1 is 1.12 bits per heavy atom.